The van der Waals surface area contributed by atoms with Crippen LogP contribution in [-0.4, -0.2) is 34.5 Å². The van der Waals surface area contributed by atoms with E-state index in [1.165, 1.54) is 12.0 Å². The summed E-state index contributed by atoms with van der Waals surface area (Å²) in [5, 5.41) is 6.43. The number of hydrogen-bond donors (Lipinski definition) is 1. The zero-order valence-corrected chi connectivity index (χ0v) is 10.7. The van der Waals surface area contributed by atoms with Crippen molar-refractivity contribution in [3.8, 4) is 0 Å². The second kappa shape index (κ2) is 5.95. The molecule has 0 radical (unpaired) electrons. The standard InChI is InChI=1S/C13H17N5/c1-3-18(4-2)12-7-5-11(6-8-12)9-14-13-15-10-16-17-13/h5-10H,3-4H2,1-2H3,(H,15,16,17)/b14-9+. The maximum absolute atomic E-state index is 4.18. The van der Waals surface area contributed by atoms with E-state index >= 15 is 0 Å². The molecule has 2 rings (SSSR count). The van der Waals surface area contributed by atoms with Crippen LogP contribution < -0.4 is 4.90 Å². The smallest absolute Gasteiger partial charge is 0.245 e. The van der Waals surface area contributed by atoms with Gasteiger partial charge in [-0.3, -0.25) is 0 Å². The Morgan fingerprint density at radius 2 is 1.94 bits per heavy atom. The lowest BCUT2D eigenvalue weighted by Gasteiger charge is -2.20. The van der Waals surface area contributed by atoms with Gasteiger partial charge in [-0.2, -0.15) is 10.1 Å². The number of hydrogen-bond acceptors (Lipinski definition) is 4. The summed E-state index contributed by atoms with van der Waals surface area (Å²) in [5.41, 5.74) is 2.28. The Labute approximate surface area is 107 Å². The fraction of sp³-hybridized carbons (Fsp3) is 0.308. The van der Waals surface area contributed by atoms with Gasteiger partial charge in [0.1, 0.15) is 6.33 Å². The largest absolute Gasteiger partial charge is 0.372 e. The third-order valence-corrected chi connectivity index (χ3v) is 2.76. The van der Waals surface area contributed by atoms with Gasteiger partial charge >= 0.3 is 0 Å². The van der Waals surface area contributed by atoms with Crippen LogP contribution in [-0.2, 0) is 0 Å². The fourth-order valence-corrected chi connectivity index (χ4v) is 1.76. The van der Waals surface area contributed by atoms with Crippen LogP contribution in [0.1, 0.15) is 19.4 Å². The molecule has 0 saturated carbocycles. The molecule has 0 atom stereocenters. The molecule has 0 aliphatic rings. The van der Waals surface area contributed by atoms with Gasteiger partial charge < -0.3 is 4.90 Å². The van der Waals surface area contributed by atoms with E-state index in [4.69, 9.17) is 0 Å². The molecule has 94 valence electrons. The molecule has 0 aliphatic carbocycles. The van der Waals surface area contributed by atoms with Crippen molar-refractivity contribution in [2.75, 3.05) is 18.0 Å². The van der Waals surface area contributed by atoms with Crippen LogP contribution in [0, 0.1) is 0 Å². The Hall–Kier alpha value is -2.17. The number of aliphatic imine (C=N–C) groups is 1. The molecular formula is C13H17N5. The average molecular weight is 243 g/mol. The molecule has 0 unspecified atom stereocenters. The molecule has 18 heavy (non-hydrogen) atoms. The van der Waals surface area contributed by atoms with Crippen LogP contribution in [0.5, 0.6) is 0 Å². The monoisotopic (exact) mass is 243 g/mol. The highest BCUT2D eigenvalue weighted by Crippen LogP contribution is 2.14. The van der Waals surface area contributed by atoms with Gasteiger partial charge in [0.05, 0.1) is 0 Å². The molecule has 0 bridgehead atoms. The molecule has 0 spiro atoms. The van der Waals surface area contributed by atoms with Gasteiger partial charge in [0.25, 0.3) is 0 Å². The summed E-state index contributed by atoms with van der Waals surface area (Å²) < 4.78 is 0. The molecule has 5 nitrogen and oxygen atoms in total. The third kappa shape index (κ3) is 2.94. The first-order valence-electron chi connectivity index (χ1n) is 6.08. The van der Waals surface area contributed by atoms with Crippen molar-refractivity contribution in [2.45, 2.75) is 13.8 Å². The number of nitrogens with one attached hydrogen (secondary N) is 1. The number of H-pyrrole nitrogens is 1. The Kier molecular flexibility index (Phi) is 4.06. The number of aromatic nitrogens is 3. The van der Waals surface area contributed by atoms with E-state index in [1.807, 2.05) is 12.1 Å². The first-order valence-corrected chi connectivity index (χ1v) is 6.08. The summed E-state index contributed by atoms with van der Waals surface area (Å²) in [7, 11) is 0. The fourth-order valence-electron chi connectivity index (χ4n) is 1.76. The predicted octanol–water partition coefficient (Wildman–Crippen LogP) is 2.40. The first-order chi connectivity index (χ1) is 8.83. The number of rotatable bonds is 5. The normalized spacial score (nSPS) is 11.0. The van der Waals surface area contributed by atoms with E-state index in [0.717, 1.165) is 18.7 Å². The van der Waals surface area contributed by atoms with Crippen LogP contribution in [0.4, 0.5) is 11.6 Å². The van der Waals surface area contributed by atoms with E-state index < -0.39 is 0 Å². The highest BCUT2D eigenvalue weighted by molar-refractivity contribution is 5.81. The van der Waals surface area contributed by atoms with Gasteiger partial charge in [0.2, 0.25) is 5.95 Å². The van der Waals surface area contributed by atoms with Crippen molar-refractivity contribution in [2.24, 2.45) is 4.99 Å². The highest BCUT2D eigenvalue weighted by atomic mass is 15.2. The maximum Gasteiger partial charge on any atom is 0.245 e. The van der Waals surface area contributed by atoms with Crippen molar-refractivity contribution in [3.05, 3.63) is 36.2 Å². The van der Waals surface area contributed by atoms with Gasteiger partial charge in [-0.1, -0.05) is 12.1 Å². The molecule has 1 heterocycles. The number of nitrogens with zero attached hydrogens (tertiary/aromatic N) is 4. The zero-order chi connectivity index (χ0) is 12.8. The average Bonchev–Trinajstić information content (AvgIpc) is 2.92. The van der Waals surface area contributed by atoms with Crippen LogP contribution in [0.25, 0.3) is 0 Å². The van der Waals surface area contributed by atoms with E-state index in [9.17, 15) is 0 Å². The minimum Gasteiger partial charge on any atom is -0.372 e. The summed E-state index contributed by atoms with van der Waals surface area (Å²) in [6.07, 6.45) is 3.21. The molecule has 1 aromatic carbocycles. The summed E-state index contributed by atoms with van der Waals surface area (Å²) in [6, 6.07) is 8.31. The van der Waals surface area contributed by atoms with Gasteiger partial charge in [0.15, 0.2) is 0 Å². The van der Waals surface area contributed by atoms with Crippen LogP contribution in [0.3, 0.4) is 0 Å². The van der Waals surface area contributed by atoms with Crippen LogP contribution >= 0.6 is 0 Å². The Morgan fingerprint density at radius 3 is 2.50 bits per heavy atom. The van der Waals surface area contributed by atoms with Crippen molar-refractivity contribution in [3.63, 3.8) is 0 Å². The summed E-state index contributed by atoms with van der Waals surface area (Å²) in [5.74, 6) is 0.516. The topological polar surface area (TPSA) is 57.2 Å². The number of benzene rings is 1. The quantitative estimate of drug-likeness (QED) is 0.820. The van der Waals surface area contributed by atoms with Crippen molar-refractivity contribution in [1.82, 2.24) is 15.2 Å². The van der Waals surface area contributed by atoms with Crippen molar-refractivity contribution in [1.29, 1.82) is 0 Å². The lowest BCUT2D eigenvalue weighted by Crippen LogP contribution is -2.21. The summed E-state index contributed by atoms with van der Waals surface area (Å²) in [6.45, 7) is 6.34. The van der Waals surface area contributed by atoms with Crippen LogP contribution in [0.15, 0.2) is 35.6 Å². The Bertz CT molecular complexity index is 483. The minimum atomic E-state index is 0.516. The second-order valence-corrected chi connectivity index (χ2v) is 3.83. The van der Waals surface area contributed by atoms with E-state index in [1.54, 1.807) is 6.21 Å². The van der Waals surface area contributed by atoms with Gasteiger partial charge in [0, 0.05) is 25.0 Å². The van der Waals surface area contributed by atoms with E-state index in [2.05, 4.69) is 51.1 Å². The Morgan fingerprint density at radius 1 is 1.22 bits per heavy atom. The van der Waals surface area contributed by atoms with E-state index in [0.29, 0.717) is 5.95 Å². The molecule has 0 amide bonds. The lowest BCUT2D eigenvalue weighted by atomic mass is 10.2. The molecule has 1 aromatic heterocycles. The van der Waals surface area contributed by atoms with Crippen molar-refractivity contribution >= 4 is 17.9 Å². The zero-order valence-electron chi connectivity index (χ0n) is 10.7. The summed E-state index contributed by atoms with van der Waals surface area (Å²) in [4.78, 5) is 10.4. The van der Waals surface area contributed by atoms with Crippen LogP contribution in [0.2, 0.25) is 0 Å². The molecule has 5 heteroatoms. The minimum absolute atomic E-state index is 0.516. The predicted molar refractivity (Wildman–Crippen MR) is 73.6 cm³/mol. The SMILES string of the molecule is CCN(CC)c1ccc(/C=N/c2ncn[nH]2)cc1. The molecular weight excluding hydrogens is 226 g/mol. The molecule has 0 fully saturated rings. The molecule has 1 N–H and O–H groups in total. The molecule has 0 saturated heterocycles. The van der Waals surface area contributed by atoms with Gasteiger partial charge in [-0.25, -0.2) is 10.1 Å². The highest BCUT2D eigenvalue weighted by Gasteiger charge is 2.00. The number of anilines is 1. The van der Waals surface area contributed by atoms with Crippen molar-refractivity contribution < 1.29 is 0 Å². The first kappa shape index (κ1) is 12.3. The lowest BCUT2D eigenvalue weighted by molar-refractivity contribution is 0.866. The second-order valence-electron chi connectivity index (χ2n) is 3.83. The third-order valence-electron chi connectivity index (χ3n) is 2.76. The van der Waals surface area contributed by atoms with E-state index in [-0.39, 0.29) is 0 Å². The van der Waals surface area contributed by atoms with Gasteiger partial charge in [-0.15, -0.1) is 0 Å². The van der Waals surface area contributed by atoms with Gasteiger partial charge in [-0.05, 0) is 31.5 Å². The summed E-state index contributed by atoms with van der Waals surface area (Å²) >= 11 is 0. The molecule has 2 aromatic rings. The Balaban J connectivity index is 2.08. The molecule has 0 aliphatic heterocycles. The number of aromatic amines is 1. The maximum atomic E-state index is 4.18.